The summed E-state index contributed by atoms with van der Waals surface area (Å²) >= 11 is 2.81. The van der Waals surface area contributed by atoms with Crippen LogP contribution in [0.25, 0.3) is 11.4 Å². The Balaban J connectivity index is 1.88. The van der Waals surface area contributed by atoms with E-state index in [0.29, 0.717) is 5.92 Å². The molecule has 1 aromatic carbocycles. The van der Waals surface area contributed by atoms with Crippen molar-refractivity contribution in [1.82, 2.24) is 8.75 Å². The number of nitrogens with zero attached hydrogens (tertiary/aromatic N) is 2. The monoisotopic (exact) mass is 316 g/mol. The minimum absolute atomic E-state index is 0.521. The first kappa shape index (κ1) is 14.2. The summed E-state index contributed by atoms with van der Waals surface area (Å²) in [5, 5.41) is 3.86. The summed E-state index contributed by atoms with van der Waals surface area (Å²) in [5.41, 5.74) is 4.28. The third kappa shape index (κ3) is 2.99. The predicted octanol–water partition coefficient (Wildman–Crippen LogP) is 5.49. The van der Waals surface area contributed by atoms with E-state index in [0.717, 1.165) is 22.9 Å². The highest BCUT2D eigenvalue weighted by atomic mass is 32.1. The first-order valence-electron chi connectivity index (χ1n) is 6.78. The quantitative estimate of drug-likeness (QED) is 0.638. The number of aromatic nitrogens is 2. The Morgan fingerprint density at radius 3 is 2.62 bits per heavy atom. The van der Waals surface area contributed by atoms with Gasteiger partial charge in [0, 0.05) is 5.38 Å². The summed E-state index contributed by atoms with van der Waals surface area (Å²) in [6.07, 6.45) is 0. The molecule has 0 spiro atoms. The molecule has 0 aliphatic heterocycles. The molecule has 3 nitrogen and oxygen atoms in total. The Hall–Kier alpha value is -1.72. The zero-order valence-corrected chi connectivity index (χ0v) is 13.8. The SMILES string of the molecule is Cc1cc(Oc2csnc2-c2ccsn2)ccc1C(C)C. The summed E-state index contributed by atoms with van der Waals surface area (Å²) in [6, 6.07) is 8.19. The summed E-state index contributed by atoms with van der Waals surface area (Å²) in [7, 11) is 0. The highest BCUT2D eigenvalue weighted by molar-refractivity contribution is 7.04. The predicted molar refractivity (Wildman–Crippen MR) is 88.6 cm³/mol. The van der Waals surface area contributed by atoms with Crippen LogP contribution in [0.15, 0.2) is 35.0 Å². The van der Waals surface area contributed by atoms with Gasteiger partial charge in [-0.05, 0) is 65.2 Å². The van der Waals surface area contributed by atoms with Gasteiger partial charge in [0.1, 0.15) is 17.1 Å². The molecule has 0 amide bonds. The summed E-state index contributed by atoms with van der Waals surface area (Å²) in [4.78, 5) is 0. The molecule has 2 heterocycles. The molecule has 108 valence electrons. The number of aryl methyl sites for hydroxylation is 1. The average Bonchev–Trinajstić information content (AvgIpc) is 3.08. The van der Waals surface area contributed by atoms with Crippen LogP contribution in [-0.2, 0) is 0 Å². The Labute approximate surface area is 132 Å². The van der Waals surface area contributed by atoms with Gasteiger partial charge < -0.3 is 4.74 Å². The molecule has 0 aliphatic rings. The van der Waals surface area contributed by atoms with Crippen molar-refractivity contribution < 1.29 is 4.74 Å². The van der Waals surface area contributed by atoms with E-state index in [4.69, 9.17) is 4.74 Å². The maximum atomic E-state index is 6.00. The number of hydrogen-bond donors (Lipinski definition) is 0. The van der Waals surface area contributed by atoms with Crippen LogP contribution in [-0.4, -0.2) is 8.75 Å². The molecule has 0 atom stereocenters. The van der Waals surface area contributed by atoms with Crippen molar-refractivity contribution in [3.05, 3.63) is 46.2 Å². The molecule has 21 heavy (non-hydrogen) atoms. The van der Waals surface area contributed by atoms with E-state index in [2.05, 4.69) is 41.7 Å². The Kier molecular flexibility index (Phi) is 4.03. The fourth-order valence-electron chi connectivity index (χ4n) is 2.29. The minimum atomic E-state index is 0.521. The third-order valence-electron chi connectivity index (χ3n) is 3.31. The van der Waals surface area contributed by atoms with Crippen molar-refractivity contribution in [3.63, 3.8) is 0 Å². The Morgan fingerprint density at radius 1 is 1.10 bits per heavy atom. The molecule has 3 aromatic rings. The van der Waals surface area contributed by atoms with Gasteiger partial charge in [-0.25, -0.2) is 0 Å². The second-order valence-corrected chi connectivity index (χ2v) is 6.48. The largest absolute Gasteiger partial charge is 0.454 e. The van der Waals surface area contributed by atoms with Crippen LogP contribution < -0.4 is 4.74 Å². The number of benzene rings is 1. The molecule has 0 radical (unpaired) electrons. The van der Waals surface area contributed by atoms with Gasteiger partial charge in [-0.3, -0.25) is 0 Å². The maximum Gasteiger partial charge on any atom is 0.167 e. The number of hydrogen-bond acceptors (Lipinski definition) is 5. The van der Waals surface area contributed by atoms with Crippen LogP contribution in [0.1, 0.15) is 30.9 Å². The molecule has 0 fully saturated rings. The number of rotatable bonds is 4. The van der Waals surface area contributed by atoms with Crippen molar-refractivity contribution >= 4 is 23.1 Å². The molecule has 0 unspecified atom stereocenters. The lowest BCUT2D eigenvalue weighted by Gasteiger charge is -2.12. The fraction of sp³-hybridized carbons (Fsp3) is 0.250. The van der Waals surface area contributed by atoms with E-state index in [1.165, 1.54) is 34.2 Å². The first-order valence-corrected chi connectivity index (χ1v) is 8.46. The molecular weight excluding hydrogens is 300 g/mol. The van der Waals surface area contributed by atoms with E-state index in [-0.39, 0.29) is 0 Å². The third-order valence-corrected chi connectivity index (χ3v) is 4.48. The van der Waals surface area contributed by atoms with Crippen LogP contribution in [0, 0.1) is 6.92 Å². The Bertz CT molecular complexity index is 733. The smallest absolute Gasteiger partial charge is 0.167 e. The van der Waals surface area contributed by atoms with E-state index < -0.39 is 0 Å². The molecule has 0 saturated carbocycles. The number of ether oxygens (including phenoxy) is 1. The topological polar surface area (TPSA) is 35.0 Å². The van der Waals surface area contributed by atoms with E-state index in [9.17, 15) is 0 Å². The van der Waals surface area contributed by atoms with Gasteiger partial charge in [-0.2, -0.15) is 8.75 Å². The lowest BCUT2D eigenvalue weighted by atomic mass is 9.98. The highest BCUT2D eigenvalue weighted by Crippen LogP contribution is 2.34. The van der Waals surface area contributed by atoms with Crippen molar-refractivity contribution in [1.29, 1.82) is 0 Å². The summed E-state index contributed by atoms with van der Waals surface area (Å²) in [6.45, 7) is 6.52. The van der Waals surface area contributed by atoms with E-state index in [1.54, 1.807) is 0 Å². The zero-order valence-electron chi connectivity index (χ0n) is 12.2. The molecule has 0 bridgehead atoms. The van der Waals surface area contributed by atoms with Crippen molar-refractivity contribution in [2.75, 3.05) is 0 Å². The van der Waals surface area contributed by atoms with Gasteiger partial charge in [0.05, 0.1) is 5.38 Å². The minimum Gasteiger partial charge on any atom is -0.454 e. The molecule has 2 aromatic heterocycles. The first-order chi connectivity index (χ1) is 10.1. The van der Waals surface area contributed by atoms with Gasteiger partial charge >= 0.3 is 0 Å². The second kappa shape index (κ2) is 5.95. The average molecular weight is 316 g/mol. The highest BCUT2D eigenvalue weighted by Gasteiger charge is 2.13. The lowest BCUT2D eigenvalue weighted by Crippen LogP contribution is -1.93. The summed E-state index contributed by atoms with van der Waals surface area (Å²) < 4.78 is 14.7. The maximum absolute atomic E-state index is 6.00. The van der Waals surface area contributed by atoms with Crippen molar-refractivity contribution in [3.8, 4) is 22.9 Å². The normalized spacial score (nSPS) is 11.0. The van der Waals surface area contributed by atoms with Crippen molar-refractivity contribution in [2.45, 2.75) is 26.7 Å². The van der Waals surface area contributed by atoms with Gasteiger partial charge in [0.25, 0.3) is 0 Å². The van der Waals surface area contributed by atoms with Gasteiger partial charge in [0.15, 0.2) is 5.75 Å². The van der Waals surface area contributed by atoms with Crippen LogP contribution in [0.4, 0.5) is 0 Å². The van der Waals surface area contributed by atoms with E-state index in [1.807, 2.05) is 22.9 Å². The fourth-order valence-corrected chi connectivity index (χ4v) is 3.40. The van der Waals surface area contributed by atoms with Gasteiger partial charge in [-0.15, -0.1) is 0 Å². The van der Waals surface area contributed by atoms with Gasteiger partial charge in [0.2, 0.25) is 0 Å². The lowest BCUT2D eigenvalue weighted by molar-refractivity contribution is 0.484. The molecule has 5 heteroatoms. The van der Waals surface area contributed by atoms with E-state index >= 15 is 0 Å². The molecule has 0 N–H and O–H groups in total. The Morgan fingerprint density at radius 2 is 1.95 bits per heavy atom. The van der Waals surface area contributed by atoms with Crippen LogP contribution in [0.3, 0.4) is 0 Å². The molecular formula is C16H16N2OS2. The zero-order chi connectivity index (χ0) is 14.8. The molecule has 0 saturated heterocycles. The van der Waals surface area contributed by atoms with Crippen molar-refractivity contribution in [2.24, 2.45) is 0 Å². The standard InChI is InChI=1S/C16H16N2OS2/c1-10(2)13-5-4-12(8-11(13)3)19-15-9-21-18-16(15)14-6-7-20-17-14/h4-10H,1-3H3. The van der Waals surface area contributed by atoms with Gasteiger partial charge in [-0.1, -0.05) is 19.9 Å². The van der Waals surface area contributed by atoms with Crippen LogP contribution in [0.2, 0.25) is 0 Å². The van der Waals surface area contributed by atoms with Crippen LogP contribution in [0.5, 0.6) is 11.5 Å². The molecule has 0 aliphatic carbocycles. The second-order valence-electron chi connectivity index (χ2n) is 5.19. The van der Waals surface area contributed by atoms with Crippen LogP contribution >= 0.6 is 23.1 Å². The molecule has 3 rings (SSSR count). The summed E-state index contributed by atoms with van der Waals surface area (Å²) in [5.74, 6) is 2.13.